The van der Waals surface area contributed by atoms with Gasteiger partial charge in [0.15, 0.2) is 0 Å². The third kappa shape index (κ3) is 5.23. The third-order valence-electron chi connectivity index (χ3n) is 3.95. The van der Waals surface area contributed by atoms with Crippen LogP contribution in [-0.4, -0.2) is 48.6 Å². The smallest absolute Gasteiger partial charge is 0.339 e. The molecule has 2 heterocycles. The molecular formula is C16H26ClN3O2. The number of hydrogen-bond donors (Lipinski definition) is 1. The Morgan fingerprint density at radius 3 is 2.68 bits per heavy atom. The molecule has 0 atom stereocenters. The number of methoxy groups -OCH3 is 1. The van der Waals surface area contributed by atoms with Gasteiger partial charge in [-0.1, -0.05) is 6.92 Å². The summed E-state index contributed by atoms with van der Waals surface area (Å²) in [6, 6.07) is 4.35. The summed E-state index contributed by atoms with van der Waals surface area (Å²) in [6.45, 7) is 6.34. The highest BCUT2D eigenvalue weighted by atomic mass is 35.5. The summed E-state index contributed by atoms with van der Waals surface area (Å²) in [5, 5.41) is 3.41. The lowest BCUT2D eigenvalue weighted by atomic mass is 10.0. The number of esters is 1. The van der Waals surface area contributed by atoms with Crippen LogP contribution in [0.3, 0.4) is 0 Å². The van der Waals surface area contributed by atoms with Gasteiger partial charge in [-0.3, -0.25) is 9.88 Å². The van der Waals surface area contributed by atoms with Crippen molar-refractivity contribution in [1.82, 2.24) is 15.2 Å². The van der Waals surface area contributed by atoms with Crippen molar-refractivity contribution in [2.24, 2.45) is 0 Å². The zero-order chi connectivity index (χ0) is 15.1. The Hall–Kier alpha value is -1.17. The molecule has 124 valence electrons. The number of piperidine rings is 1. The molecule has 0 amide bonds. The number of hydrogen-bond acceptors (Lipinski definition) is 5. The van der Waals surface area contributed by atoms with Gasteiger partial charge in [-0.15, -0.1) is 12.4 Å². The van der Waals surface area contributed by atoms with Crippen molar-refractivity contribution < 1.29 is 9.53 Å². The van der Waals surface area contributed by atoms with E-state index in [0.717, 1.165) is 38.3 Å². The van der Waals surface area contributed by atoms with E-state index in [1.54, 1.807) is 12.3 Å². The van der Waals surface area contributed by atoms with E-state index in [9.17, 15) is 4.79 Å². The van der Waals surface area contributed by atoms with Crippen molar-refractivity contribution in [3.05, 3.63) is 29.6 Å². The van der Waals surface area contributed by atoms with E-state index in [-0.39, 0.29) is 18.4 Å². The van der Waals surface area contributed by atoms with Crippen LogP contribution >= 0.6 is 12.4 Å². The van der Waals surface area contributed by atoms with Gasteiger partial charge in [0.1, 0.15) is 0 Å². The Morgan fingerprint density at radius 1 is 1.41 bits per heavy atom. The van der Waals surface area contributed by atoms with Gasteiger partial charge in [0.05, 0.1) is 18.4 Å². The second-order valence-electron chi connectivity index (χ2n) is 5.48. The maximum Gasteiger partial charge on any atom is 0.339 e. The lowest BCUT2D eigenvalue weighted by Gasteiger charge is -2.34. The predicted octanol–water partition coefficient (Wildman–Crippen LogP) is 2.25. The molecule has 5 nitrogen and oxygen atoms in total. The van der Waals surface area contributed by atoms with Crippen LogP contribution in [0, 0.1) is 0 Å². The number of pyridine rings is 1. The van der Waals surface area contributed by atoms with Crippen molar-refractivity contribution >= 4 is 18.4 Å². The van der Waals surface area contributed by atoms with Crippen LogP contribution < -0.4 is 5.32 Å². The minimum atomic E-state index is -0.335. The van der Waals surface area contributed by atoms with Crippen molar-refractivity contribution in [3.63, 3.8) is 0 Å². The first-order valence-corrected chi connectivity index (χ1v) is 7.72. The average molecular weight is 328 g/mol. The highest BCUT2D eigenvalue weighted by molar-refractivity contribution is 5.88. The molecule has 0 radical (unpaired) electrons. The standard InChI is InChI=1S/C16H25N3O2.ClH/c1-3-10-19(15-6-8-17-9-7-15)12-14-5-4-13(11-18-14)16(20)21-2;/h4-5,11,15,17H,3,6-10,12H2,1-2H3;1H. The van der Waals surface area contributed by atoms with Gasteiger partial charge < -0.3 is 10.1 Å². The average Bonchev–Trinajstić information content (AvgIpc) is 2.55. The SMILES string of the molecule is CCCN(Cc1ccc(C(=O)OC)cn1)C1CCNCC1.Cl. The van der Waals surface area contributed by atoms with Gasteiger partial charge in [0, 0.05) is 18.8 Å². The summed E-state index contributed by atoms with van der Waals surface area (Å²) in [7, 11) is 1.39. The second-order valence-corrected chi connectivity index (χ2v) is 5.48. The molecule has 1 fully saturated rings. The van der Waals surface area contributed by atoms with Gasteiger partial charge in [-0.05, 0) is 51.0 Å². The van der Waals surface area contributed by atoms with Gasteiger partial charge in [-0.2, -0.15) is 0 Å². The zero-order valence-corrected chi connectivity index (χ0v) is 14.2. The van der Waals surface area contributed by atoms with Gasteiger partial charge in [-0.25, -0.2) is 4.79 Å². The number of aromatic nitrogens is 1. The van der Waals surface area contributed by atoms with Crippen LogP contribution in [0.2, 0.25) is 0 Å². The number of carbonyl (C=O) groups excluding carboxylic acids is 1. The summed E-state index contributed by atoms with van der Waals surface area (Å²) >= 11 is 0. The summed E-state index contributed by atoms with van der Waals surface area (Å²) in [6.07, 6.45) is 5.14. The van der Waals surface area contributed by atoms with E-state index < -0.39 is 0 Å². The van der Waals surface area contributed by atoms with Gasteiger partial charge >= 0.3 is 5.97 Å². The summed E-state index contributed by atoms with van der Waals surface area (Å²) < 4.78 is 4.69. The number of carbonyl (C=O) groups is 1. The highest BCUT2D eigenvalue weighted by Crippen LogP contribution is 2.15. The minimum Gasteiger partial charge on any atom is -0.465 e. The Kier molecular flexibility index (Phi) is 8.38. The minimum absolute atomic E-state index is 0. The van der Waals surface area contributed by atoms with E-state index in [0.29, 0.717) is 11.6 Å². The molecular weight excluding hydrogens is 302 g/mol. The molecule has 1 aliphatic rings. The molecule has 6 heteroatoms. The monoisotopic (exact) mass is 327 g/mol. The Labute approximate surface area is 138 Å². The molecule has 1 aromatic heterocycles. The number of ether oxygens (including phenoxy) is 1. The fourth-order valence-corrected chi connectivity index (χ4v) is 2.81. The van der Waals surface area contributed by atoms with Crippen molar-refractivity contribution in [2.75, 3.05) is 26.7 Å². The molecule has 0 unspecified atom stereocenters. The summed E-state index contributed by atoms with van der Waals surface area (Å²) in [4.78, 5) is 18.3. The summed E-state index contributed by atoms with van der Waals surface area (Å²) in [5.41, 5.74) is 1.51. The van der Waals surface area contributed by atoms with E-state index in [2.05, 4.69) is 22.1 Å². The van der Waals surface area contributed by atoms with E-state index >= 15 is 0 Å². The zero-order valence-electron chi connectivity index (χ0n) is 13.4. The third-order valence-corrected chi connectivity index (χ3v) is 3.95. The molecule has 0 spiro atoms. The number of nitrogens with one attached hydrogen (secondary N) is 1. The first-order chi connectivity index (χ1) is 10.2. The fourth-order valence-electron chi connectivity index (χ4n) is 2.81. The molecule has 0 bridgehead atoms. The van der Waals surface area contributed by atoms with Crippen LogP contribution in [0.5, 0.6) is 0 Å². The first-order valence-electron chi connectivity index (χ1n) is 7.72. The number of halogens is 1. The topological polar surface area (TPSA) is 54.5 Å². The van der Waals surface area contributed by atoms with Crippen molar-refractivity contribution in [3.8, 4) is 0 Å². The van der Waals surface area contributed by atoms with Crippen LogP contribution in [0.25, 0.3) is 0 Å². The van der Waals surface area contributed by atoms with Crippen LogP contribution in [-0.2, 0) is 11.3 Å². The number of rotatable bonds is 6. The highest BCUT2D eigenvalue weighted by Gasteiger charge is 2.20. The maximum atomic E-state index is 11.4. The Bertz CT molecular complexity index is 447. The maximum absolute atomic E-state index is 11.4. The van der Waals surface area contributed by atoms with Crippen LogP contribution in [0.15, 0.2) is 18.3 Å². The van der Waals surface area contributed by atoms with E-state index in [1.165, 1.54) is 20.0 Å². The first kappa shape index (κ1) is 18.9. The van der Waals surface area contributed by atoms with Crippen molar-refractivity contribution in [1.29, 1.82) is 0 Å². The molecule has 22 heavy (non-hydrogen) atoms. The summed E-state index contributed by atoms with van der Waals surface area (Å²) in [5.74, 6) is -0.335. The molecule has 0 aliphatic carbocycles. The molecule has 1 saturated heterocycles. The Morgan fingerprint density at radius 2 is 2.14 bits per heavy atom. The number of nitrogens with zero attached hydrogens (tertiary/aromatic N) is 2. The predicted molar refractivity (Wildman–Crippen MR) is 89.4 cm³/mol. The van der Waals surface area contributed by atoms with Gasteiger partial charge in [0.2, 0.25) is 0 Å². The second kappa shape index (κ2) is 9.77. The molecule has 0 saturated carbocycles. The molecule has 1 aliphatic heterocycles. The van der Waals surface area contributed by atoms with E-state index in [1.807, 2.05) is 6.07 Å². The van der Waals surface area contributed by atoms with Crippen LogP contribution in [0.4, 0.5) is 0 Å². The lowest BCUT2D eigenvalue weighted by molar-refractivity contribution is 0.0600. The molecule has 2 rings (SSSR count). The van der Waals surface area contributed by atoms with Crippen molar-refractivity contribution in [2.45, 2.75) is 38.8 Å². The lowest BCUT2D eigenvalue weighted by Crippen LogP contribution is -2.43. The normalized spacial score (nSPS) is 15.4. The molecule has 0 aromatic carbocycles. The van der Waals surface area contributed by atoms with Crippen LogP contribution in [0.1, 0.15) is 42.2 Å². The fraction of sp³-hybridized carbons (Fsp3) is 0.625. The molecule has 1 aromatic rings. The Balaban J connectivity index is 0.00000242. The van der Waals surface area contributed by atoms with Gasteiger partial charge in [0.25, 0.3) is 0 Å². The van der Waals surface area contributed by atoms with E-state index in [4.69, 9.17) is 4.74 Å². The largest absolute Gasteiger partial charge is 0.465 e. The quantitative estimate of drug-likeness (QED) is 0.812. The molecule has 1 N–H and O–H groups in total.